The van der Waals surface area contributed by atoms with E-state index in [4.69, 9.17) is 21.1 Å². The number of ether oxygens (including phenoxy) is 2. The van der Waals surface area contributed by atoms with Crippen LogP contribution in [0.3, 0.4) is 0 Å². The first-order chi connectivity index (χ1) is 16.0. The normalized spacial score (nSPS) is 12.0. The monoisotopic (exact) mass is 505 g/mol. The molecule has 0 saturated heterocycles. The lowest BCUT2D eigenvalue weighted by Gasteiger charge is -2.33. The predicted molar refractivity (Wildman–Crippen MR) is 136 cm³/mol. The summed E-state index contributed by atoms with van der Waals surface area (Å²) in [5.41, 5.74) is 0.651. The van der Waals surface area contributed by atoms with Gasteiger partial charge in [-0.25, -0.2) is 14.4 Å². The Balaban J connectivity index is 1.96. The zero-order valence-corrected chi connectivity index (χ0v) is 21.7. The quantitative estimate of drug-likeness (QED) is 0.247. The second kappa shape index (κ2) is 10.4. The van der Waals surface area contributed by atoms with Crippen LogP contribution >= 0.6 is 23.4 Å². The molecule has 0 radical (unpaired) electrons. The number of halogens is 2. The Morgan fingerprint density at radius 3 is 2.56 bits per heavy atom. The molecule has 0 spiro atoms. The van der Waals surface area contributed by atoms with Gasteiger partial charge < -0.3 is 14.8 Å². The number of nitrogens with zero attached hydrogens (tertiary/aromatic N) is 2. The molecule has 3 rings (SSSR count). The number of hydrogen-bond donors (Lipinski definition) is 1. The maximum Gasteiger partial charge on any atom is 0.311 e. The molecule has 2 aromatic carbocycles. The maximum atomic E-state index is 13.6. The molecule has 34 heavy (non-hydrogen) atoms. The molecule has 6 nitrogen and oxygen atoms in total. The maximum absolute atomic E-state index is 13.6. The van der Waals surface area contributed by atoms with E-state index in [1.165, 1.54) is 18.5 Å². The summed E-state index contributed by atoms with van der Waals surface area (Å²) in [5.74, 6) is 0.527. The van der Waals surface area contributed by atoms with Gasteiger partial charge in [-0.15, -0.1) is 11.8 Å². The molecule has 0 bridgehead atoms. The van der Waals surface area contributed by atoms with Gasteiger partial charge in [0.1, 0.15) is 23.7 Å². The van der Waals surface area contributed by atoms with E-state index in [9.17, 15) is 9.18 Å². The van der Waals surface area contributed by atoms with Gasteiger partial charge in [-0.2, -0.15) is 0 Å². The molecule has 0 aliphatic rings. The number of aromatic nitrogens is 2. The van der Waals surface area contributed by atoms with E-state index in [0.29, 0.717) is 35.8 Å². The molecule has 1 heterocycles. The van der Waals surface area contributed by atoms with Gasteiger partial charge in [-0.3, -0.25) is 4.79 Å². The van der Waals surface area contributed by atoms with Crippen LogP contribution in [0.1, 0.15) is 41.0 Å². The molecule has 0 aliphatic carbocycles. The summed E-state index contributed by atoms with van der Waals surface area (Å²) in [6.45, 7) is 10.1. The number of benzene rings is 2. The van der Waals surface area contributed by atoms with E-state index in [0.717, 1.165) is 10.3 Å². The Bertz CT molecular complexity index is 1200. The Hall–Kier alpha value is -2.58. The number of anilines is 2. The SMILES string of the molecule is CCOC(=O)C(C)(C)CC(C)(C)Sc1cc2c(Nc3ccc(F)c(Cl)c3)ncnc2cc1OC. The van der Waals surface area contributed by atoms with Crippen LogP contribution in [-0.2, 0) is 9.53 Å². The number of carbonyl (C=O) groups is 1. The van der Waals surface area contributed by atoms with E-state index in [1.54, 1.807) is 31.9 Å². The smallest absolute Gasteiger partial charge is 0.311 e. The number of carbonyl (C=O) groups excluding carboxylic acids is 1. The lowest BCUT2D eigenvalue weighted by molar-refractivity contribution is -0.154. The standard InChI is InChI=1S/C25H29ClFN3O3S/c1-7-33-23(31)24(2,3)13-25(4,5)34-21-11-16-19(12-20(21)32-6)28-14-29-22(16)30-15-8-9-18(27)17(26)10-15/h8-12,14H,7,13H2,1-6H3,(H,28,29,30). The summed E-state index contributed by atoms with van der Waals surface area (Å²) in [6.07, 6.45) is 2.04. The Labute approximate surface area is 208 Å². The third-order valence-corrected chi connectivity index (χ3v) is 6.71. The van der Waals surface area contributed by atoms with Crippen molar-refractivity contribution in [1.82, 2.24) is 9.97 Å². The van der Waals surface area contributed by atoms with Gasteiger partial charge in [0.25, 0.3) is 0 Å². The van der Waals surface area contributed by atoms with Crippen molar-refractivity contribution in [2.45, 2.75) is 50.7 Å². The van der Waals surface area contributed by atoms with Crippen LogP contribution in [-0.4, -0.2) is 34.4 Å². The van der Waals surface area contributed by atoms with Gasteiger partial charge in [0, 0.05) is 21.9 Å². The van der Waals surface area contributed by atoms with Crippen LogP contribution < -0.4 is 10.1 Å². The zero-order valence-electron chi connectivity index (χ0n) is 20.2. The summed E-state index contributed by atoms with van der Waals surface area (Å²) in [7, 11) is 1.61. The average molecular weight is 506 g/mol. The van der Waals surface area contributed by atoms with Gasteiger partial charge in [-0.05, 0) is 51.5 Å². The van der Waals surface area contributed by atoms with E-state index in [1.807, 2.05) is 26.0 Å². The number of rotatable bonds is 9. The van der Waals surface area contributed by atoms with Crippen molar-refractivity contribution < 1.29 is 18.7 Å². The number of esters is 1. The zero-order chi connectivity index (χ0) is 25.1. The van der Waals surface area contributed by atoms with Crippen molar-refractivity contribution >= 4 is 51.7 Å². The summed E-state index contributed by atoms with van der Waals surface area (Å²) in [6, 6.07) is 8.21. The molecular formula is C25H29ClFN3O3S. The second-order valence-electron chi connectivity index (χ2n) is 9.14. The highest BCUT2D eigenvalue weighted by Gasteiger charge is 2.37. The van der Waals surface area contributed by atoms with Crippen LogP contribution in [0.2, 0.25) is 5.02 Å². The average Bonchev–Trinajstić information content (AvgIpc) is 2.75. The topological polar surface area (TPSA) is 73.3 Å². The molecule has 3 aromatic rings. The predicted octanol–water partition coefficient (Wildman–Crippen LogP) is 7.02. The molecule has 0 unspecified atom stereocenters. The minimum atomic E-state index is -0.645. The van der Waals surface area contributed by atoms with Crippen molar-refractivity contribution in [2.24, 2.45) is 5.41 Å². The third kappa shape index (κ3) is 6.10. The summed E-state index contributed by atoms with van der Waals surface area (Å²) in [4.78, 5) is 22.1. The van der Waals surface area contributed by atoms with Crippen molar-refractivity contribution in [3.8, 4) is 5.75 Å². The van der Waals surface area contributed by atoms with Crippen molar-refractivity contribution in [3.63, 3.8) is 0 Å². The van der Waals surface area contributed by atoms with Crippen LogP contribution in [0.4, 0.5) is 15.9 Å². The first-order valence-corrected chi connectivity index (χ1v) is 12.1. The van der Waals surface area contributed by atoms with E-state index in [2.05, 4.69) is 29.1 Å². The van der Waals surface area contributed by atoms with E-state index >= 15 is 0 Å². The summed E-state index contributed by atoms with van der Waals surface area (Å²) >= 11 is 7.54. The van der Waals surface area contributed by atoms with Crippen LogP contribution in [0.15, 0.2) is 41.6 Å². The van der Waals surface area contributed by atoms with Crippen molar-refractivity contribution in [1.29, 1.82) is 0 Å². The number of fused-ring (bicyclic) bond motifs is 1. The van der Waals surface area contributed by atoms with Gasteiger partial charge in [-0.1, -0.05) is 25.4 Å². The summed E-state index contributed by atoms with van der Waals surface area (Å²) in [5, 5.41) is 3.99. The Morgan fingerprint density at radius 2 is 1.91 bits per heavy atom. The van der Waals surface area contributed by atoms with Crippen LogP contribution in [0.25, 0.3) is 10.9 Å². The van der Waals surface area contributed by atoms with Crippen LogP contribution in [0.5, 0.6) is 5.75 Å². The molecule has 9 heteroatoms. The van der Waals surface area contributed by atoms with Gasteiger partial charge in [0.2, 0.25) is 0 Å². The molecule has 0 amide bonds. The minimum absolute atomic E-state index is 0.0206. The van der Waals surface area contributed by atoms with E-state index in [-0.39, 0.29) is 15.7 Å². The highest BCUT2D eigenvalue weighted by molar-refractivity contribution is 8.00. The van der Waals surface area contributed by atoms with Crippen molar-refractivity contribution in [2.75, 3.05) is 19.0 Å². The number of methoxy groups -OCH3 is 1. The first-order valence-electron chi connectivity index (χ1n) is 10.9. The lowest BCUT2D eigenvalue weighted by Crippen LogP contribution is -2.33. The van der Waals surface area contributed by atoms with Gasteiger partial charge >= 0.3 is 5.97 Å². The second-order valence-corrected chi connectivity index (χ2v) is 11.3. The molecule has 0 saturated carbocycles. The molecule has 182 valence electrons. The highest BCUT2D eigenvalue weighted by Crippen LogP contribution is 2.46. The molecule has 1 N–H and O–H groups in total. The fraction of sp³-hybridized carbons (Fsp3) is 0.400. The molecular weight excluding hydrogens is 477 g/mol. The minimum Gasteiger partial charge on any atom is -0.496 e. The van der Waals surface area contributed by atoms with Gasteiger partial charge in [0.15, 0.2) is 0 Å². The lowest BCUT2D eigenvalue weighted by atomic mass is 9.83. The fourth-order valence-electron chi connectivity index (χ4n) is 3.91. The fourth-order valence-corrected chi connectivity index (χ4v) is 5.54. The first kappa shape index (κ1) is 26.0. The van der Waals surface area contributed by atoms with Gasteiger partial charge in [0.05, 0.1) is 34.6 Å². The summed E-state index contributed by atoms with van der Waals surface area (Å²) < 4.78 is 24.2. The number of nitrogens with one attached hydrogen (secondary N) is 1. The number of thioether (sulfide) groups is 1. The molecule has 0 aliphatic heterocycles. The third-order valence-electron chi connectivity index (χ3n) is 5.19. The van der Waals surface area contributed by atoms with Crippen LogP contribution in [0, 0.1) is 11.2 Å². The Kier molecular flexibility index (Phi) is 7.93. The molecule has 1 aromatic heterocycles. The number of hydrogen-bond acceptors (Lipinski definition) is 7. The largest absolute Gasteiger partial charge is 0.496 e. The highest BCUT2D eigenvalue weighted by atomic mass is 35.5. The molecule has 0 atom stereocenters. The van der Waals surface area contributed by atoms with Crippen molar-refractivity contribution in [3.05, 3.63) is 47.5 Å². The Morgan fingerprint density at radius 1 is 1.18 bits per heavy atom. The molecule has 0 fully saturated rings. The van der Waals surface area contributed by atoms with E-state index < -0.39 is 11.2 Å².